The van der Waals surface area contributed by atoms with Gasteiger partial charge in [-0.25, -0.2) is 8.42 Å². The maximum Gasteiger partial charge on any atom is 0.242 e. The number of nitrogens with one attached hydrogen (secondary N) is 1. The summed E-state index contributed by atoms with van der Waals surface area (Å²) < 4.78 is 28.8. The monoisotopic (exact) mass is 398 g/mol. The van der Waals surface area contributed by atoms with Gasteiger partial charge in [0.2, 0.25) is 5.91 Å². The molecule has 1 saturated carbocycles. The van der Waals surface area contributed by atoms with Crippen LogP contribution >= 0.6 is 0 Å². The Morgan fingerprint density at radius 1 is 1.19 bits per heavy atom. The van der Waals surface area contributed by atoms with Gasteiger partial charge in [-0.15, -0.1) is 0 Å². The lowest BCUT2D eigenvalue weighted by molar-refractivity contribution is -0.135. The van der Waals surface area contributed by atoms with Crippen molar-refractivity contribution >= 4 is 21.7 Å². The second kappa shape index (κ2) is 7.95. The van der Waals surface area contributed by atoms with Crippen LogP contribution in [0.3, 0.4) is 0 Å². The van der Waals surface area contributed by atoms with Crippen molar-refractivity contribution in [1.29, 1.82) is 0 Å². The molecule has 2 atom stereocenters. The number of aliphatic imine (C=N–C) groups is 1. The van der Waals surface area contributed by atoms with E-state index in [1.807, 2.05) is 9.80 Å². The number of rotatable bonds is 5. The molecule has 0 spiro atoms. The van der Waals surface area contributed by atoms with E-state index in [1.165, 1.54) is 0 Å². The van der Waals surface area contributed by atoms with Crippen LogP contribution in [0.5, 0.6) is 0 Å². The summed E-state index contributed by atoms with van der Waals surface area (Å²) in [6.45, 7) is 4.71. The highest BCUT2D eigenvalue weighted by molar-refractivity contribution is 7.91. The Morgan fingerprint density at radius 3 is 2.67 bits per heavy atom. The normalized spacial score (nSPS) is 31.6. The molecule has 1 aliphatic carbocycles. The molecule has 1 amide bonds. The summed E-state index contributed by atoms with van der Waals surface area (Å²) >= 11 is 0. The highest BCUT2D eigenvalue weighted by atomic mass is 32.2. The van der Waals surface area contributed by atoms with Crippen LogP contribution in [0.4, 0.5) is 0 Å². The third-order valence-corrected chi connectivity index (χ3v) is 7.78. The number of ether oxygens (including phenoxy) is 1. The summed E-state index contributed by atoms with van der Waals surface area (Å²) in [6, 6.07) is 0.451. The van der Waals surface area contributed by atoms with Crippen molar-refractivity contribution in [3.63, 3.8) is 0 Å². The lowest BCUT2D eigenvalue weighted by atomic mass is 10.1. The van der Waals surface area contributed by atoms with Gasteiger partial charge in [-0.05, 0) is 31.6 Å². The first-order valence-electron chi connectivity index (χ1n) is 10.1. The van der Waals surface area contributed by atoms with Crippen molar-refractivity contribution in [2.75, 3.05) is 57.4 Å². The topological polar surface area (TPSA) is 91.3 Å². The average Bonchev–Trinajstić information content (AvgIpc) is 3.21. The number of hydrogen-bond donors (Lipinski definition) is 1. The largest absolute Gasteiger partial charge is 0.381 e. The van der Waals surface area contributed by atoms with Crippen LogP contribution in [0.25, 0.3) is 0 Å². The molecule has 0 aromatic carbocycles. The van der Waals surface area contributed by atoms with Gasteiger partial charge in [-0.1, -0.05) is 0 Å². The summed E-state index contributed by atoms with van der Waals surface area (Å²) in [5.41, 5.74) is 0. The minimum absolute atomic E-state index is 0.0880. The Kier molecular flexibility index (Phi) is 5.59. The number of amides is 1. The van der Waals surface area contributed by atoms with Crippen molar-refractivity contribution in [3.8, 4) is 0 Å². The van der Waals surface area contributed by atoms with Gasteiger partial charge in [-0.2, -0.15) is 0 Å². The molecule has 3 heterocycles. The fourth-order valence-electron chi connectivity index (χ4n) is 4.12. The highest BCUT2D eigenvalue weighted by Crippen LogP contribution is 2.28. The van der Waals surface area contributed by atoms with Gasteiger partial charge >= 0.3 is 0 Å². The lowest BCUT2D eigenvalue weighted by Crippen LogP contribution is -2.56. The number of nitrogens with zero attached hydrogens (tertiary/aromatic N) is 3. The van der Waals surface area contributed by atoms with Gasteiger partial charge in [-0.3, -0.25) is 9.79 Å². The third-order valence-electron chi connectivity index (χ3n) is 5.94. The molecular formula is C18H30N4O4S. The molecule has 0 radical (unpaired) electrons. The summed E-state index contributed by atoms with van der Waals surface area (Å²) in [5, 5.41) is 3.43. The zero-order chi connectivity index (χ0) is 18.9. The quantitative estimate of drug-likeness (QED) is 0.506. The maximum absolute atomic E-state index is 12.5. The zero-order valence-corrected chi connectivity index (χ0v) is 16.6. The molecular weight excluding hydrogens is 368 g/mol. The van der Waals surface area contributed by atoms with Crippen LogP contribution in [0.1, 0.15) is 25.7 Å². The van der Waals surface area contributed by atoms with E-state index in [4.69, 9.17) is 9.73 Å². The fourth-order valence-corrected chi connectivity index (χ4v) is 5.97. The first kappa shape index (κ1) is 19.0. The van der Waals surface area contributed by atoms with E-state index in [0.717, 1.165) is 58.1 Å². The van der Waals surface area contributed by atoms with E-state index in [2.05, 4.69) is 5.32 Å². The molecule has 0 aromatic rings. The number of carbonyl (C=O) groups is 1. The molecule has 152 valence electrons. The number of guanidine groups is 1. The van der Waals surface area contributed by atoms with Crippen molar-refractivity contribution < 1.29 is 17.9 Å². The fraction of sp³-hybridized carbons (Fsp3) is 0.889. The molecule has 1 N–H and O–H groups in total. The van der Waals surface area contributed by atoms with Crippen molar-refractivity contribution in [3.05, 3.63) is 0 Å². The number of sulfone groups is 1. The van der Waals surface area contributed by atoms with Crippen LogP contribution in [0, 0.1) is 11.8 Å². The molecule has 27 heavy (non-hydrogen) atoms. The SMILES string of the molecule is O=C1CN(C(=NCC2CCS(=O)(=O)C2)NCC2CCOC2)CCN1C1CC1. The standard InChI is InChI=1S/C18H30N4O4S/c23-17-11-21(5-6-22(17)16-1-2-16)18(19-9-14-3-7-26-12-14)20-10-15-4-8-27(24,25)13-15/h14-16H,1-13H2,(H,19,20). The Labute approximate surface area is 161 Å². The molecule has 8 nitrogen and oxygen atoms in total. The van der Waals surface area contributed by atoms with Gasteiger partial charge in [0.25, 0.3) is 0 Å². The van der Waals surface area contributed by atoms with E-state index < -0.39 is 9.84 Å². The summed E-state index contributed by atoms with van der Waals surface area (Å²) in [6.07, 6.45) is 3.98. The zero-order valence-electron chi connectivity index (χ0n) is 15.8. The van der Waals surface area contributed by atoms with E-state index in [-0.39, 0.29) is 23.3 Å². The first-order valence-corrected chi connectivity index (χ1v) is 11.9. The van der Waals surface area contributed by atoms with E-state index in [9.17, 15) is 13.2 Å². The molecule has 4 fully saturated rings. The average molecular weight is 399 g/mol. The predicted molar refractivity (Wildman–Crippen MR) is 102 cm³/mol. The summed E-state index contributed by atoms with van der Waals surface area (Å²) in [5.74, 6) is 1.97. The van der Waals surface area contributed by atoms with E-state index in [0.29, 0.717) is 31.5 Å². The molecule has 4 aliphatic rings. The van der Waals surface area contributed by atoms with Crippen molar-refractivity contribution in [1.82, 2.24) is 15.1 Å². The molecule has 2 unspecified atom stereocenters. The Balaban J connectivity index is 1.38. The van der Waals surface area contributed by atoms with E-state index >= 15 is 0 Å². The molecule has 3 saturated heterocycles. The number of carbonyl (C=O) groups excluding carboxylic acids is 1. The first-order chi connectivity index (χ1) is 13.0. The Morgan fingerprint density at radius 2 is 2.04 bits per heavy atom. The molecule has 3 aliphatic heterocycles. The minimum atomic E-state index is -2.89. The van der Waals surface area contributed by atoms with Gasteiger partial charge in [0.15, 0.2) is 15.8 Å². The van der Waals surface area contributed by atoms with Crippen molar-refractivity contribution in [2.45, 2.75) is 31.7 Å². The Bertz CT molecular complexity index is 685. The van der Waals surface area contributed by atoms with E-state index in [1.54, 1.807) is 0 Å². The van der Waals surface area contributed by atoms with Crippen LogP contribution in [0.15, 0.2) is 4.99 Å². The van der Waals surface area contributed by atoms with Gasteiger partial charge < -0.3 is 19.9 Å². The second-order valence-corrected chi connectivity index (χ2v) is 10.5. The molecule has 4 rings (SSSR count). The van der Waals surface area contributed by atoms with Crippen LogP contribution in [0.2, 0.25) is 0 Å². The molecule has 9 heteroatoms. The summed E-state index contributed by atoms with van der Waals surface area (Å²) in [7, 11) is -2.89. The second-order valence-electron chi connectivity index (χ2n) is 8.28. The lowest BCUT2D eigenvalue weighted by Gasteiger charge is -2.36. The number of hydrogen-bond acceptors (Lipinski definition) is 5. The summed E-state index contributed by atoms with van der Waals surface area (Å²) in [4.78, 5) is 21.3. The van der Waals surface area contributed by atoms with Crippen LogP contribution < -0.4 is 5.32 Å². The highest BCUT2D eigenvalue weighted by Gasteiger charge is 2.36. The Hall–Kier alpha value is -1.35. The van der Waals surface area contributed by atoms with Crippen LogP contribution in [-0.2, 0) is 19.4 Å². The minimum Gasteiger partial charge on any atom is -0.381 e. The molecule has 0 bridgehead atoms. The smallest absolute Gasteiger partial charge is 0.242 e. The maximum atomic E-state index is 12.5. The van der Waals surface area contributed by atoms with Gasteiger partial charge in [0, 0.05) is 44.7 Å². The van der Waals surface area contributed by atoms with Crippen LogP contribution in [-0.4, -0.2) is 93.6 Å². The number of piperazine rings is 1. The van der Waals surface area contributed by atoms with Crippen molar-refractivity contribution in [2.24, 2.45) is 16.8 Å². The molecule has 0 aromatic heterocycles. The van der Waals surface area contributed by atoms with Gasteiger partial charge in [0.05, 0.1) is 24.7 Å². The predicted octanol–water partition coefficient (Wildman–Crippen LogP) is -0.290. The third kappa shape index (κ3) is 4.93. The van der Waals surface area contributed by atoms with Gasteiger partial charge in [0.1, 0.15) is 0 Å².